The van der Waals surface area contributed by atoms with Crippen LogP contribution >= 0.6 is 22.6 Å². The quantitative estimate of drug-likeness (QED) is 0.472. The number of hydrogen-bond acceptors (Lipinski definition) is 2. The van der Waals surface area contributed by atoms with E-state index in [2.05, 4.69) is 12.7 Å². The predicted molar refractivity (Wildman–Crippen MR) is 53.8 cm³/mol. The summed E-state index contributed by atoms with van der Waals surface area (Å²) in [5, 5.41) is 10.4. The Hall–Kier alpha value is -0.910. The Bertz CT molecular complexity index is 336. The van der Waals surface area contributed by atoms with Crippen LogP contribution in [-0.4, -0.2) is 4.92 Å². The van der Waals surface area contributed by atoms with Crippen molar-refractivity contribution in [3.05, 3.63) is 50.1 Å². The second kappa shape index (κ2) is 3.66. The van der Waals surface area contributed by atoms with E-state index in [-0.39, 0.29) is 5.69 Å². The normalized spacial score (nSPS) is 9.42. The molecule has 12 heavy (non-hydrogen) atoms. The third kappa shape index (κ3) is 2.04. The highest BCUT2D eigenvalue weighted by Crippen LogP contribution is 2.18. The van der Waals surface area contributed by atoms with E-state index in [1.807, 2.05) is 22.6 Å². The van der Waals surface area contributed by atoms with Gasteiger partial charge in [0.1, 0.15) is 0 Å². The Kier molecular flexibility index (Phi) is 2.80. The van der Waals surface area contributed by atoms with E-state index < -0.39 is 4.92 Å². The fourth-order valence-corrected chi connectivity index (χ4v) is 1.44. The summed E-state index contributed by atoms with van der Waals surface area (Å²) in [6.07, 6.45) is 2.60. The van der Waals surface area contributed by atoms with E-state index in [1.54, 1.807) is 6.07 Å². The summed E-state index contributed by atoms with van der Waals surface area (Å²) in [4.78, 5) is 9.95. The van der Waals surface area contributed by atoms with Crippen molar-refractivity contribution in [2.24, 2.45) is 0 Å². The van der Waals surface area contributed by atoms with Crippen molar-refractivity contribution < 1.29 is 4.92 Å². The molecule has 0 aliphatic carbocycles. The molecule has 0 aliphatic rings. The molecule has 0 saturated carbocycles. The van der Waals surface area contributed by atoms with Crippen molar-refractivity contribution in [1.82, 2.24) is 0 Å². The standard InChI is InChI=1S/C8H5INO2/c1-2-6-3-7(9)5-8(4-6)10(11)12/h3-5H,1H2. The van der Waals surface area contributed by atoms with Gasteiger partial charge in [0, 0.05) is 15.7 Å². The summed E-state index contributed by atoms with van der Waals surface area (Å²) >= 11 is 2.02. The lowest BCUT2D eigenvalue weighted by Gasteiger charge is -1.95. The number of hydrogen-bond donors (Lipinski definition) is 0. The van der Waals surface area contributed by atoms with Crippen LogP contribution in [0.3, 0.4) is 0 Å². The number of benzene rings is 1. The van der Waals surface area contributed by atoms with Gasteiger partial charge in [0.2, 0.25) is 0 Å². The lowest BCUT2D eigenvalue weighted by atomic mass is 10.2. The molecule has 61 valence electrons. The zero-order valence-electron chi connectivity index (χ0n) is 6.08. The average Bonchev–Trinajstić information content (AvgIpc) is 2.03. The Morgan fingerprint density at radius 2 is 2.17 bits per heavy atom. The maximum Gasteiger partial charge on any atom is 0.271 e. The van der Waals surface area contributed by atoms with Gasteiger partial charge in [-0.05, 0) is 40.3 Å². The van der Waals surface area contributed by atoms with Crippen molar-refractivity contribution in [2.75, 3.05) is 0 Å². The first-order valence-corrected chi connectivity index (χ1v) is 4.19. The Morgan fingerprint density at radius 3 is 2.67 bits per heavy atom. The summed E-state index contributed by atoms with van der Waals surface area (Å²) in [5.41, 5.74) is 0.724. The van der Waals surface area contributed by atoms with Gasteiger partial charge < -0.3 is 0 Å². The van der Waals surface area contributed by atoms with Crippen LogP contribution in [0.1, 0.15) is 5.56 Å². The van der Waals surface area contributed by atoms with Crippen LogP contribution in [0.2, 0.25) is 0 Å². The second-order valence-electron chi connectivity index (χ2n) is 2.13. The van der Waals surface area contributed by atoms with Crippen LogP contribution in [0.25, 0.3) is 0 Å². The van der Waals surface area contributed by atoms with Crippen LogP contribution in [0, 0.1) is 19.8 Å². The summed E-state index contributed by atoms with van der Waals surface area (Å²) in [6, 6.07) is 4.72. The molecule has 3 nitrogen and oxygen atoms in total. The zero-order valence-corrected chi connectivity index (χ0v) is 8.24. The van der Waals surface area contributed by atoms with Crippen LogP contribution in [0.4, 0.5) is 5.69 Å². The van der Waals surface area contributed by atoms with E-state index in [9.17, 15) is 10.1 Å². The highest BCUT2D eigenvalue weighted by atomic mass is 127. The van der Waals surface area contributed by atoms with Gasteiger partial charge in [0.05, 0.1) is 4.92 Å². The lowest BCUT2D eigenvalue weighted by molar-refractivity contribution is -0.385. The number of nitro benzene ring substituents is 1. The molecule has 0 fully saturated rings. The van der Waals surface area contributed by atoms with Gasteiger partial charge in [-0.3, -0.25) is 10.1 Å². The Labute approximate surface area is 83.4 Å². The van der Waals surface area contributed by atoms with Gasteiger partial charge in [-0.25, -0.2) is 0 Å². The molecule has 1 rings (SSSR count). The molecule has 0 N–H and O–H groups in total. The molecule has 0 aliphatic heterocycles. The Balaban J connectivity index is 3.23. The first kappa shape index (κ1) is 9.18. The molecule has 0 atom stereocenters. The van der Waals surface area contributed by atoms with Crippen molar-refractivity contribution in [1.29, 1.82) is 0 Å². The molecule has 0 aromatic heterocycles. The summed E-state index contributed by atoms with van der Waals surface area (Å²) in [7, 11) is 0. The average molecular weight is 274 g/mol. The number of nitro groups is 1. The molecular weight excluding hydrogens is 269 g/mol. The molecule has 4 heteroatoms. The minimum Gasteiger partial charge on any atom is -0.258 e. The number of rotatable bonds is 2. The van der Waals surface area contributed by atoms with Crippen LogP contribution in [0.5, 0.6) is 0 Å². The monoisotopic (exact) mass is 274 g/mol. The van der Waals surface area contributed by atoms with Gasteiger partial charge >= 0.3 is 0 Å². The highest BCUT2D eigenvalue weighted by Gasteiger charge is 2.06. The zero-order chi connectivity index (χ0) is 9.14. The third-order valence-electron chi connectivity index (χ3n) is 1.30. The molecule has 0 saturated heterocycles. The Morgan fingerprint density at radius 1 is 1.50 bits per heavy atom. The SMILES string of the molecule is C=[C]c1cc(I)cc([N+](=O)[O-])c1. The van der Waals surface area contributed by atoms with Crippen LogP contribution in [-0.2, 0) is 0 Å². The van der Waals surface area contributed by atoms with Crippen molar-refractivity contribution in [3.63, 3.8) is 0 Å². The van der Waals surface area contributed by atoms with Crippen LogP contribution < -0.4 is 0 Å². The van der Waals surface area contributed by atoms with Gasteiger partial charge in [-0.2, -0.15) is 0 Å². The molecule has 0 heterocycles. The van der Waals surface area contributed by atoms with E-state index >= 15 is 0 Å². The number of non-ortho nitro benzene ring substituents is 1. The lowest BCUT2D eigenvalue weighted by Crippen LogP contribution is -1.89. The first-order chi connectivity index (χ1) is 5.63. The van der Waals surface area contributed by atoms with Crippen molar-refractivity contribution >= 4 is 28.3 Å². The van der Waals surface area contributed by atoms with Gasteiger partial charge in [-0.1, -0.05) is 6.58 Å². The minimum absolute atomic E-state index is 0.0769. The maximum absolute atomic E-state index is 10.4. The topological polar surface area (TPSA) is 43.1 Å². The van der Waals surface area contributed by atoms with Crippen molar-refractivity contribution in [2.45, 2.75) is 0 Å². The van der Waals surface area contributed by atoms with Gasteiger partial charge in [0.15, 0.2) is 0 Å². The summed E-state index contributed by atoms with van der Waals surface area (Å²) in [5.74, 6) is 0. The van der Waals surface area contributed by atoms with E-state index in [4.69, 9.17) is 0 Å². The molecule has 0 spiro atoms. The summed E-state index contributed by atoms with van der Waals surface area (Å²) < 4.78 is 0.813. The molecule has 1 radical (unpaired) electrons. The molecule has 0 amide bonds. The smallest absolute Gasteiger partial charge is 0.258 e. The van der Waals surface area contributed by atoms with E-state index in [0.717, 1.165) is 3.57 Å². The van der Waals surface area contributed by atoms with E-state index in [0.29, 0.717) is 5.56 Å². The molecule has 0 unspecified atom stereocenters. The van der Waals surface area contributed by atoms with E-state index in [1.165, 1.54) is 12.1 Å². The van der Waals surface area contributed by atoms with Gasteiger partial charge in [-0.15, -0.1) is 0 Å². The maximum atomic E-state index is 10.4. The molecule has 1 aromatic rings. The highest BCUT2D eigenvalue weighted by molar-refractivity contribution is 14.1. The molecular formula is C8H5INO2. The first-order valence-electron chi connectivity index (χ1n) is 3.11. The number of halogens is 1. The third-order valence-corrected chi connectivity index (χ3v) is 1.92. The van der Waals surface area contributed by atoms with Crippen molar-refractivity contribution in [3.8, 4) is 0 Å². The molecule has 1 aromatic carbocycles. The minimum atomic E-state index is -0.428. The number of nitrogens with zero attached hydrogens (tertiary/aromatic N) is 1. The second-order valence-corrected chi connectivity index (χ2v) is 3.38. The fourth-order valence-electron chi connectivity index (χ4n) is 0.782. The summed E-state index contributed by atoms with van der Waals surface area (Å²) in [6.45, 7) is 3.42. The predicted octanol–water partition coefficient (Wildman–Crippen LogP) is 2.54. The van der Waals surface area contributed by atoms with Gasteiger partial charge in [0.25, 0.3) is 5.69 Å². The molecule has 0 bridgehead atoms. The van der Waals surface area contributed by atoms with Crippen LogP contribution in [0.15, 0.2) is 24.8 Å². The largest absolute Gasteiger partial charge is 0.271 e. The fraction of sp³-hybridized carbons (Fsp3) is 0.